The molecule has 1 amide bonds. The number of rotatable bonds is 4. The molecule has 2 aromatic rings. The van der Waals surface area contributed by atoms with Crippen molar-refractivity contribution in [3.05, 3.63) is 41.5 Å². The zero-order valence-electron chi connectivity index (χ0n) is 17.3. The Bertz CT molecular complexity index is 939. The SMILES string of the molecule is COC(=O)c1cc2ccccc2c(CN2CCC[C@@H](C(=O)N3CCOCC3)C2)c1O. The van der Waals surface area contributed by atoms with Gasteiger partial charge in [0.05, 0.1) is 26.2 Å². The number of aromatic hydroxyl groups is 1. The van der Waals surface area contributed by atoms with E-state index in [2.05, 4.69) is 4.90 Å². The summed E-state index contributed by atoms with van der Waals surface area (Å²) in [5, 5.41) is 12.7. The van der Waals surface area contributed by atoms with Gasteiger partial charge in [-0.2, -0.15) is 0 Å². The van der Waals surface area contributed by atoms with Crippen LogP contribution < -0.4 is 0 Å². The second kappa shape index (κ2) is 9.02. The Morgan fingerprint density at radius 1 is 1.20 bits per heavy atom. The first kappa shape index (κ1) is 20.6. The fourth-order valence-corrected chi connectivity index (χ4v) is 4.50. The van der Waals surface area contributed by atoms with E-state index in [0.717, 1.165) is 30.2 Å². The smallest absolute Gasteiger partial charge is 0.341 e. The lowest BCUT2D eigenvalue weighted by molar-refractivity contribution is -0.141. The number of amides is 1. The van der Waals surface area contributed by atoms with Crippen LogP contribution in [0.25, 0.3) is 10.8 Å². The highest BCUT2D eigenvalue weighted by Gasteiger charge is 2.31. The zero-order valence-corrected chi connectivity index (χ0v) is 17.3. The number of esters is 1. The lowest BCUT2D eigenvalue weighted by Crippen LogP contribution is -2.48. The fourth-order valence-electron chi connectivity index (χ4n) is 4.50. The van der Waals surface area contributed by atoms with Gasteiger partial charge in [-0.15, -0.1) is 0 Å². The molecule has 2 aliphatic rings. The summed E-state index contributed by atoms with van der Waals surface area (Å²) < 4.78 is 10.2. The molecule has 7 nitrogen and oxygen atoms in total. The Balaban J connectivity index is 1.58. The number of hydrogen-bond acceptors (Lipinski definition) is 6. The van der Waals surface area contributed by atoms with Crippen molar-refractivity contribution >= 4 is 22.6 Å². The first-order valence-electron chi connectivity index (χ1n) is 10.5. The number of morpholine rings is 1. The van der Waals surface area contributed by atoms with Gasteiger partial charge in [-0.25, -0.2) is 4.79 Å². The quantitative estimate of drug-likeness (QED) is 0.777. The van der Waals surface area contributed by atoms with Gasteiger partial charge in [-0.05, 0) is 36.2 Å². The lowest BCUT2D eigenvalue weighted by atomic mass is 9.94. The van der Waals surface area contributed by atoms with Crippen molar-refractivity contribution in [1.82, 2.24) is 9.80 Å². The van der Waals surface area contributed by atoms with Gasteiger partial charge in [0.1, 0.15) is 11.3 Å². The largest absolute Gasteiger partial charge is 0.507 e. The number of nitrogens with zero attached hydrogens (tertiary/aromatic N) is 2. The molecule has 0 aromatic heterocycles. The van der Waals surface area contributed by atoms with Crippen LogP contribution in [0.5, 0.6) is 5.75 Å². The minimum atomic E-state index is -0.557. The van der Waals surface area contributed by atoms with Crippen molar-refractivity contribution in [2.75, 3.05) is 46.5 Å². The van der Waals surface area contributed by atoms with E-state index in [1.54, 1.807) is 6.07 Å². The molecular formula is C23H28N2O5. The summed E-state index contributed by atoms with van der Waals surface area (Å²) in [7, 11) is 1.31. The molecule has 2 aromatic carbocycles. The molecule has 2 heterocycles. The number of phenols is 1. The number of benzene rings is 2. The molecule has 2 aliphatic heterocycles. The van der Waals surface area contributed by atoms with Gasteiger partial charge in [0.2, 0.25) is 5.91 Å². The second-order valence-electron chi connectivity index (χ2n) is 7.98. The van der Waals surface area contributed by atoms with Gasteiger partial charge < -0.3 is 19.5 Å². The van der Waals surface area contributed by atoms with Crippen LogP contribution in [0.4, 0.5) is 0 Å². The van der Waals surface area contributed by atoms with Crippen LogP contribution in [0.1, 0.15) is 28.8 Å². The van der Waals surface area contributed by atoms with Gasteiger partial charge in [0.25, 0.3) is 0 Å². The molecule has 1 N–H and O–H groups in total. The number of likely N-dealkylation sites (tertiary alicyclic amines) is 1. The van der Waals surface area contributed by atoms with Crippen LogP contribution in [-0.2, 0) is 20.8 Å². The summed E-state index contributed by atoms with van der Waals surface area (Å²) in [6.45, 7) is 4.48. The Kier molecular flexibility index (Phi) is 6.20. The Morgan fingerprint density at radius 2 is 1.97 bits per heavy atom. The van der Waals surface area contributed by atoms with Gasteiger partial charge in [0, 0.05) is 31.7 Å². The molecule has 4 rings (SSSR count). The van der Waals surface area contributed by atoms with Crippen molar-refractivity contribution in [1.29, 1.82) is 0 Å². The number of carbonyl (C=O) groups is 2. The molecule has 7 heteroatoms. The Morgan fingerprint density at radius 3 is 2.73 bits per heavy atom. The minimum Gasteiger partial charge on any atom is -0.507 e. The van der Waals surface area contributed by atoms with Gasteiger partial charge in [0.15, 0.2) is 0 Å². The van der Waals surface area contributed by atoms with Crippen molar-refractivity contribution in [3.8, 4) is 5.75 Å². The van der Waals surface area contributed by atoms with Crippen LogP contribution in [0.2, 0.25) is 0 Å². The van der Waals surface area contributed by atoms with Crippen molar-refractivity contribution in [2.45, 2.75) is 19.4 Å². The van der Waals surface area contributed by atoms with E-state index in [4.69, 9.17) is 9.47 Å². The van der Waals surface area contributed by atoms with Crippen LogP contribution in [0, 0.1) is 5.92 Å². The molecule has 0 bridgehead atoms. The maximum absolute atomic E-state index is 12.9. The molecule has 0 saturated carbocycles. The first-order chi connectivity index (χ1) is 14.6. The zero-order chi connectivity index (χ0) is 21.1. The van der Waals surface area contributed by atoms with Crippen molar-refractivity contribution < 1.29 is 24.2 Å². The molecule has 0 spiro atoms. The summed E-state index contributed by atoms with van der Waals surface area (Å²) in [4.78, 5) is 29.2. The predicted molar refractivity (Wildman–Crippen MR) is 112 cm³/mol. The predicted octanol–water partition coefficient (Wildman–Crippen LogP) is 2.40. The van der Waals surface area contributed by atoms with E-state index in [1.165, 1.54) is 7.11 Å². The van der Waals surface area contributed by atoms with Gasteiger partial charge in [-0.3, -0.25) is 9.69 Å². The molecule has 1 atom stereocenters. The van der Waals surface area contributed by atoms with Crippen molar-refractivity contribution in [3.63, 3.8) is 0 Å². The van der Waals surface area contributed by atoms with Crippen molar-refractivity contribution in [2.24, 2.45) is 5.92 Å². The van der Waals surface area contributed by atoms with E-state index in [-0.39, 0.29) is 23.1 Å². The molecule has 0 aliphatic carbocycles. The molecule has 2 fully saturated rings. The molecule has 2 saturated heterocycles. The van der Waals surface area contributed by atoms with Gasteiger partial charge >= 0.3 is 5.97 Å². The number of phenolic OH excluding ortho intramolecular Hbond substituents is 1. The fraction of sp³-hybridized carbons (Fsp3) is 0.478. The van der Waals surface area contributed by atoms with E-state index < -0.39 is 5.97 Å². The topological polar surface area (TPSA) is 79.3 Å². The average Bonchev–Trinajstić information content (AvgIpc) is 2.80. The van der Waals surface area contributed by atoms with E-state index >= 15 is 0 Å². The van der Waals surface area contributed by atoms with Gasteiger partial charge in [-0.1, -0.05) is 24.3 Å². The Hall–Kier alpha value is -2.64. The standard InChI is InChI=1S/C23H28N2O5/c1-29-23(28)19-13-16-5-2-3-7-18(16)20(21(19)26)15-24-8-4-6-17(14-24)22(27)25-9-11-30-12-10-25/h2-3,5,7,13,17,26H,4,6,8-12,14-15H2,1H3/t17-/m1/s1. The molecule has 0 unspecified atom stereocenters. The summed E-state index contributed by atoms with van der Waals surface area (Å²) in [5.74, 6) is -0.449. The summed E-state index contributed by atoms with van der Waals surface area (Å²) >= 11 is 0. The third kappa shape index (κ3) is 4.13. The molecule has 160 valence electrons. The number of piperidine rings is 1. The Labute approximate surface area is 176 Å². The monoisotopic (exact) mass is 412 g/mol. The lowest BCUT2D eigenvalue weighted by Gasteiger charge is -2.36. The third-order valence-electron chi connectivity index (χ3n) is 6.09. The number of fused-ring (bicyclic) bond motifs is 1. The molecule has 30 heavy (non-hydrogen) atoms. The molecule has 0 radical (unpaired) electrons. The summed E-state index contributed by atoms with van der Waals surface area (Å²) in [6.07, 6.45) is 1.80. The maximum atomic E-state index is 12.9. The highest BCUT2D eigenvalue weighted by atomic mass is 16.5. The van der Waals surface area contributed by atoms with E-state index in [9.17, 15) is 14.7 Å². The summed E-state index contributed by atoms with van der Waals surface area (Å²) in [6, 6.07) is 9.37. The molecular weight excluding hydrogens is 384 g/mol. The van der Waals surface area contributed by atoms with E-state index in [0.29, 0.717) is 45.0 Å². The van der Waals surface area contributed by atoms with Crippen LogP contribution in [-0.4, -0.2) is 73.3 Å². The number of ether oxygens (including phenoxy) is 2. The highest BCUT2D eigenvalue weighted by molar-refractivity contribution is 6.00. The van der Waals surface area contributed by atoms with E-state index in [1.807, 2.05) is 29.2 Å². The van der Waals surface area contributed by atoms with Crippen LogP contribution in [0.3, 0.4) is 0 Å². The number of methoxy groups -OCH3 is 1. The minimum absolute atomic E-state index is 0.0396. The average molecular weight is 412 g/mol. The second-order valence-corrected chi connectivity index (χ2v) is 7.98. The maximum Gasteiger partial charge on any atom is 0.341 e. The third-order valence-corrected chi connectivity index (χ3v) is 6.09. The van der Waals surface area contributed by atoms with Crippen LogP contribution in [0.15, 0.2) is 30.3 Å². The number of hydrogen-bond donors (Lipinski definition) is 1. The number of carbonyl (C=O) groups excluding carboxylic acids is 2. The first-order valence-corrected chi connectivity index (χ1v) is 10.5. The van der Waals surface area contributed by atoms with Crippen LogP contribution >= 0.6 is 0 Å². The summed E-state index contributed by atoms with van der Waals surface area (Å²) in [5.41, 5.74) is 0.872. The highest BCUT2D eigenvalue weighted by Crippen LogP contribution is 2.34. The normalized spacial score (nSPS) is 20.3.